The summed E-state index contributed by atoms with van der Waals surface area (Å²) in [7, 11) is 1.73. The van der Waals surface area contributed by atoms with E-state index in [0.717, 1.165) is 30.2 Å². The molecule has 0 radical (unpaired) electrons. The van der Waals surface area contributed by atoms with Gasteiger partial charge in [-0.25, -0.2) is 4.98 Å². The van der Waals surface area contributed by atoms with Gasteiger partial charge in [0.05, 0.1) is 18.5 Å². The molecule has 116 valence electrons. The van der Waals surface area contributed by atoms with Crippen LogP contribution >= 0.6 is 24.0 Å². The monoisotopic (exact) mass is 404 g/mol. The van der Waals surface area contributed by atoms with Gasteiger partial charge < -0.3 is 19.5 Å². The van der Waals surface area contributed by atoms with E-state index >= 15 is 0 Å². The zero-order valence-electron chi connectivity index (χ0n) is 12.5. The second kappa shape index (κ2) is 8.71. The van der Waals surface area contributed by atoms with Crippen molar-refractivity contribution in [1.82, 2.24) is 15.6 Å². The van der Waals surface area contributed by atoms with Crippen LogP contribution in [0.15, 0.2) is 32.2 Å². The normalized spacial score (nSPS) is 11.1. The van der Waals surface area contributed by atoms with Gasteiger partial charge >= 0.3 is 0 Å². The Morgan fingerprint density at radius 3 is 2.71 bits per heavy atom. The van der Waals surface area contributed by atoms with E-state index in [4.69, 9.17) is 8.83 Å². The van der Waals surface area contributed by atoms with E-state index in [9.17, 15) is 0 Å². The Labute approximate surface area is 141 Å². The lowest BCUT2D eigenvalue weighted by molar-refractivity contribution is 0.463. The number of furan rings is 1. The van der Waals surface area contributed by atoms with Crippen molar-refractivity contribution in [2.45, 2.75) is 26.8 Å². The second-order valence-electron chi connectivity index (χ2n) is 4.43. The lowest BCUT2D eigenvalue weighted by Gasteiger charge is -2.09. The van der Waals surface area contributed by atoms with Gasteiger partial charge in [0.25, 0.3) is 0 Å². The largest absolute Gasteiger partial charge is 0.469 e. The average Bonchev–Trinajstić information content (AvgIpc) is 3.05. The van der Waals surface area contributed by atoms with Crippen LogP contribution in [0.5, 0.6) is 0 Å². The molecule has 21 heavy (non-hydrogen) atoms. The molecule has 0 fully saturated rings. The van der Waals surface area contributed by atoms with E-state index in [0.29, 0.717) is 18.4 Å². The zero-order valence-corrected chi connectivity index (χ0v) is 14.8. The van der Waals surface area contributed by atoms with Crippen molar-refractivity contribution in [2.75, 3.05) is 13.6 Å². The van der Waals surface area contributed by atoms with E-state index in [1.807, 2.05) is 26.0 Å². The van der Waals surface area contributed by atoms with Crippen molar-refractivity contribution < 1.29 is 8.83 Å². The first-order chi connectivity index (χ1) is 9.69. The molecule has 0 aromatic carbocycles. The fraction of sp³-hybridized carbons (Fsp3) is 0.429. The maximum atomic E-state index is 5.50. The molecule has 0 spiro atoms. The summed E-state index contributed by atoms with van der Waals surface area (Å²) < 4.78 is 10.8. The number of aryl methyl sites for hydroxylation is 2. The minimum Gasteiger partial charge on any atom is -0.469 e. The Kier molecular flexibility index (Phi) is 7.27. The number of aliphatic imine (C=N–C) groups is 1. The highest BCUT2D eigenvalue weighted by molar-refractivity contribution is 14.0. The SMILES string of the molecule is CN=C(NCCc1ccco1)NCc1nc(C)c(C)o1.I. The smallest absolute Gasteiger partial charge is 0.214 e. The molecular weight excluding hydrogens is 383 g/mol. The minimum absolute atomic E-state index is 0. The van der Waals surface area contributed by atoms with Gasteiger partial charge in [0.2, 0.25) is 5.89 Å². The quantitative estimate of drug-likeness (QED) is 0.455. The number of aromatic nitrogens is 1. The van der Waals surface area contributed by atoms with Crippen molar-refractivity contribution in [3.63, 3.8) is 0 Å². The molecule has 6 nitrogen and oxygen atoms in total. The van der Waals surface area contributed by atoms with Gasteiger partial charge in [-0.05, 0) is 26.0 Å². The number of hydrogen-bond acceptors (Lipinski definition) is 4. The Morgan fingerprint density at radius 1 is 1.33 bits per heavy atom. The minimum atomic E-state index is 0. The lowest BCUT2D eigenvalue weighted by atomic mass is 10.3. The summed E-state index contributed by atoms with van der Waals surface area (Å²) in [6.45, 7) is 5.09. The van der Waals surface area contributed by atoms with E-state index in [-0.39, 0.29) is 24.0 Å². The van der Waals surface area contributed by atoms with Gasteiger partial charge in [-0.2, -0.15) is 0 Å². The molecule has 2 rings (SSSR count). The predicted octanol–water partition coefficient (Wildman–Crippen LogP) is 2.41. The highest BCUT2D eigenvalue weighted by Gasteiger charge is 2.06. The number of hydrogen-bond donors (Lipinski definition) is 2. The van der Waals surface area contributed by atoms with Crippen LogP contribution < -0.4 is 10.6 Å². The first-order valence-electron chi connectivity index (χ1n) is 6.59. The number of nitrogens with zero attached hydrogens (tertiary/aromatic N) is 2. The first kappa shape index (κ1) is 17.5. The van der Waals surface area contributed by atoms with Crippen LogP contribution in [0.2, 0.25) is 0 Å². The highest BCUT2D eigenvalue weighted by atomic mass is 127. The molecule has 7 heteroatoms. The molecule has 2 aromatic heterocycles. The van der Waals surface area contributed by atoms with Crippen LogP contribution in [-0.4, -0.2) is 24.5 Å². The van der Waals surface area contributed by atoms with Crippen molar-refractivity contribution in [2.24, 2.45) is 4.99 Å². The van der Waals surface area contributed by atoms with E-state index in [1.54, 1.807) is 13.3 Å². The van der Waals surface area contributed by atoms with Gasteiger partial charge in [0.15, 0.2) is 5.96 Å². The van der Waals surface area contributed by atoms with Crippen LogP contribution in [0.3, 0.4) is 0 Å². The van der Waals surface area contributed by atoms with Gasteiger partial charge in [-0.1, -0.05) is 0 Å². The van der Waals surface area contributed by atoms with Crippen LogP contribution in [0.4, 0.5) is 0 Å². The summed E-state index contributed by atoms with van der Waals surface area (Å²) in [5, 5.41) is 6.37. The maximum Gasteiger partial charge on any atom is 0.214 e. The molecule has 0 aliphatic heterocycles. The Morgan fingerprint density at radius 2 is 2.14 bits per heavy atom. The predicted molar refractivity (Wildman–Crippen MR) is 92.0 cm³/mol. The fourth-order valence-electron chi connectivity index (χ4n) is 1.75. The van der Waals surface area contributed by atoms with Crippen molar-refractivity contribution in [3.05, 3.63) is 41.5 Å². The second-order valence-corrected chi connectivity index (χ2v) is 4.43. The number of guanidine groups is 1. The van der Waals surface area contributed by atoms with Crippen molar-refractivity contribution in [3.8, 4) is 0 Å². The van der Waals surface area contributed by atoms with E-state index in [2.05, 4.69) is 20.6 Å². The average molecular weight is 404 g/mol. The summed E-state index contributed by atoms with van der Waals surface area (Å²) in [4.78, 5) is 8.46. The van der Waals surface area contributed by atoms with Crippen molar-refractivity contribution >= 4 is 29.9 Å². The summed E-state index contributed by atoms with van der Waals surface area (Å²) in [6, 6.07) is 3.84. The van der Waals surface area contributed by atoms with Crippen LogP contribution in [-0.2, 0) is 13.0 Å². The topological polar surface area (TPSA) is 75.6 Å². The lowest BCUT2D eigenvalue weighted by Crippen LogP contribution is -2.37. The Bertz CT molecular complexity index is 544. The molecule has 0 amide bonds. The van der Waals surface area contributed by atoms with Gasteiger partial charge in [0, 0.05) is 20.0 Å². The van der Waals surface area contributed by atoms with E-state index < -0.39 is 0 Å². The molecule has 0 aliphatic carbocycles. The molecule has 0 bridgehead atoms. The molecule has 2 heterocycles. The molecule has 2 aromatic rings. The first-order valence-corrected chi connectivity index (χ1v) is 6.59. The van der Waals surface area contributed by atoms with Gasteiger partial charge in [0.1, 0.15) is 11.5 Å². The molecule has 0 unspecified atom stereocenters. The number of oxazole rings is 1. The number of nitrogens with one attached hydrogen (secondary N) is 2. The van der Waals surface area contributed by atoms with Crippen molar-refractivity contribution in [1.29, 1.82) is 0 Å². The van der Waals surface area contributed by atoms with Gasteiger partial charge in [-0.15, -0.1) is 24.0 Å². The molecule has 0 saturated heterocycles. The third-order valence-electron chi connectivity index (χ3n) is 2.95. The van der Waals surface area contributed by atoms with Crippen LogP contribution in [0.1, 0.15) is 23.1 Å². The third kappa shape index (κ3) is 5.41. The fourth-order valence-corrected chi connectivity index (χ4v) is 1.75. The zero-order chi connectivity index (χ0) is 14.4. The summed E-state index contributed by atoms with van der Waals surface area (Å²) in [6.07, 6.45) is 2.49. The van der Waals surface area contributed by atoms with Crippen LogP contribution in [0.25, 0.3) is 0 Å². The van der Waals surface area contributed by atoms with E-state index in [1.165, 1.54) is 0 Å². The van der Waals surface area contributed by atoms with Crippen LogP contribution in [0, 0.1) is 13.8 Å². The molecular formula is C14H21IN4O2. The Balaban J connectivity index is 0.00000220. The maximum absolute atomic E-state index is 5.50. The summed E-state index contributed by atoms with van der Waals surface area (Å²) in [5.74, 6) is 3.17. The molecule has 0 atom stereocenters. The summed E-state index contributed by atoms with van der Waals surface area (Å²) in [5.41, 5.74) is 0.919. The highest BCUT2D eigenvalue weighted by Crippen LogP contribution is 2.07. The van der Waals surface area contributed by atoms with Gasteiger partial charge in [-0.3, -0.25) is 4.99 Å². The molecule has 0 aliphatic rings. The number of halogens is 1. The molecule has 0 saturated carbocycles. The third-order valence-corrected chi connectivity index (χ3v) is 2.95. The number of rotatable bonds is 5. The standard InChI is InChI=1S/C14H20N4O2.HI/c1-10-11(2)20-13(18-10)9-17-14(15-3)16-7-6-12-5-4-8-19-12;/h4-5,8H,6-7,9H2,1-3H3,(H2,15,16,17);1H. The summed E-state index contributed by atoms with van der Waals surface area (Å²) >= 11 is 0. The Hall–Kier alpha value is -1.51. The molecule has 2 N–H and O–H groups in total.